The second kappa shape index (κ2) is 6.27. The van der Waals surface area contributed by atoms with Crippen molar-refractivity contribution < 1.29 is 9.59 Å². The van der Waals surface area contributed by atoms with Crippen LogP contribution in [0.2, 0.25) is 0 Å². The van der Waals surface area contributed by atoms with Gasteiger partial charge in [0.05, 0.1) is 0 Å². The molecule has 4 heteroatoms. The molecule has 1 saturated heterocycles. The summed E-state index contributed by atoms with van der Waals surface area (Å²) in [6.45, 7) is 8.18. The van der Waals surface area contributed by atoms with E-state index in [1.807, 2.05) is 73.0 Å². The highest BCUT2D eigenvalue weighted by Gasteiger charge is 2.31. The summed E-state index contributed by atoms with van der Waals surface area (Å²) in [6.07, 6.45) is 0. The average Bonchev–Trinajstić information content (AvgIpc) is 2.59. The fourth-order valence-electron chi connectivity index (χ4n) is 3.17. The normalized spacial score (nSPS) is 15.6. The van der Waals surface area contributed by atoms with Gasteiger partial charge in [-0.05, 0) is 16.8 Å². The molecule has 2 aromatic carbocycles. The Morgan fingerprint density at radius 3 is 2.08 bits per heavy atom. The van der Waals surface area contributed by atoms with Gasteiger partial charge in [0.15, 0.2) is 0 Å². The smallest absolute Gasteiger partial charge is 0.254 e. The summed E-state index contributed by atoms with van der Waals surface area (Å²) in [6, 6.07) is 13.8. The Morgan fingerprint density at radius 1 is 0.833 bits per heavy atom. The number of fused-ring (bicyclic) bond motifs is 1. The lowest BCUT2D eigenvalue weighted by atomic mass is 9.94. The fourth-order valence-corrected chi connectivity index (χ4v) is 3.17. The van der Waals surface area contributed by atoms with E-state index in [1.165, 1.54) is 0 Å². The summed E-state index contributed by atoms with van der Waals surface area (Å²) in [5.41, 5.74) is 0.366. The monoisotopic (exact) mass is 324 g/mol. The number of carbonyl (C=O) groups is 2. The van der Waals surface area contributed by atoms with Gasteiger partial charge in [0.25, 0.3) is 5.91 Å². The minimum atomic E-state index is -0.373. The van der Waals surface area contributed by atoms with Crippen molar-refractivity contribution in [1.29, 1.82) is 0 Å². The quantitative estimate of drug-likeness (QED) is 0.808. The molecule has 126 valence electrons. The van der Waals surface area contributed by atoms with Crippen LogP contribution in [0.25, 0.3) is 10.8 Å². The standard InChI is InChI=1S/C20H24N2O2/c1-20(2,3)19(24)22-13-11-21(12-14-22)18(23)17-10-6-8-15-7-4-5-9-16(15)17/h4-10H,11-14H2,1-3H3. The third kappa shape index (κ3) is 3.14. The average molecular weight is 324 g/mol. The van der Waals surface area contributed by atoms with Gasteiger partial charge in [-0.2, -0.15) is 0 Å². The molecule has 1 aliphatic rings. The van der Waals surface area contributed by atoms with Crippen molar-refractivity contribution in [3.63, 3.8) is 0 Å². The third-order valence-electron chi connectivity index (χ3n) is 4.52. The maximum atomic E-state index is 12.9. The van der Waals surface area contributed by atoms with Gasteiger partial charge in [0.2, 0.25) is 5.91 Å². The molecule has 24 heavy (non-hydrogen) atoms. The predicted molar refractivity (Wildman–Crippen MR) is 95.9 cm³/mol. The summed E-state index contributed by atoms with van der Waals surface area (Å²) in [5.74, 6) is 0.203. The number of nitrogens with zero attached hydrogens (tertiary/aromatic N) is 2. The third-order valence-corrected chi connectivity index (χ3v) is 4.52. The van der Waals surface area contributed by atoms with Crippen LogP contribution in [0.1, 0.15) is 31.1 Å². The molecule has 4 nitrogen and oxygen atoms in total. The van der Waals surface area contributed by atoms with E-state index in [2.05, 4.69) is 0 Å². The van der Waals surface area contributed by atoms with E-state index in [0.29, 0.717) is 26.2 Å². The predicted octanol–water partition coefficient (Wildman–Crippen LogP) is 3.17. The van der Waals surface area contributed by atoms with Crippen LogP contribution < -0.4 is 0 Å². The molecule has 0 spiro atoms. The van der Waals surface area contributed by atoms with Crippen LogP contribution in [0, 0.1) is 5.41 Å². The first-order valence-corrected chi connectivity index (χ1v) is 8.44. The fraction of sp³-hybridized carbons (Fsp3) is 0.400. The summed E-state index contributed by atoms with van der Waals surface area (Å²) in [5, 5.41) is 2.06. The highest BCUT2D eigenvalue weighted by atomic mass is 16.2. The molecule has 0 N–H and O–H groups in total. The Morgan fingerprint density at radius 2 is 1.42 bits per heavy atom. The van der Waals surface area contributed by atoms with E-state index in [4.69, 9.17) is 0 Å². The molecule has 0 unspecified atom stereocenters. The molecule has 2 amide bonds. The van der Waals surface area contributed by atoms with Gasteiger partial charge in [0.1, 0.15) is 0 Å². The van der Waals surface area contributed by atoms with E-state index in [1.54, 1.807) is 0 Å². The second-order valence-corrected chi connectivity index (χ2v) is 7.36. The van der Waals surface area contributed by atoms with Crippen LogP contribution in [-0.4, -0.2) is 47.8 Å². The number of hydrogen-bond donors (Lipinski definition) is 0. The van der Waals surface area contributed by atoms with E-state index in [-0.39, 0.29) is 17.2 Å². The highest BCUT2D eigenvalue weighted by molar-refractivity contribution is 6.07. The summed E-state index contributed by atoms with van der Waals surface area (Å²) in [4.78, 5) is 29.0. The van der Waals surface area contributed by atoms with Crippen LogP contribution in [0.3, 0.4) is 0 Å². The van der Waals surface area contributed by atoms with E-state index in [0.717, 1.165) is 16.3 Å². The maximum absolute atomic E-state index is 12.9. The Balaban J connectivity index is 1.75. The summed E-state index contributed by atoms with van der Waals surface area (Å²) < 4.78 is 0. The van der Waals surface area contributed by atoms with Gasteiger partial charge >= 0.3 is 0 Å². The number of amides is 2. The lowest BCUT2D eigenvalue weighted by Gasteiger charge is -2.37. The number of piperazine rings is 1. The molecule has 0 saturated carbocycles. The van der Waals surface area contributed by atoms with Gasteiger partial charge in [-0.25, -0.2) is 0 Å². The Kier molecular flexibility index (Phi) is 4.31. The molecule has 3 rings (SSSR count). The van der Waals surface area contributed by atoms with Crippen molar-refractivity contribution >= 4 is 22.6 Å². The first-order valence-electron chi connectivity index (χ1n) is 8.44. The molecule has 2 aromatic rings. The number of benzene rings is 2. The van der Waals surface area contributed by atoms with Gasteiger partial charge in [0, 0.05) is 37.2 Å². The molecular formula is C20H24N2O2. The van der Waals surface area contributed by atoms with E-state index < -0.39 is 0 Å². The Labute approximate surface area is 143 Å². The maximum Gasteiger partial charge on any atom is 0.254 e. The lowest BCUT2D eigenvalue weighted by molar-refractivity contribution is -0.140. The SMILES string of the molecule is CC(C)(C)C(=O)N1CCN(C(=O)c2cccc3ccccc23)CC1. The molecular weight excluding hydrogens is 300 g/mol. The van der Waals surface area contributed by atoms with Crippen molar-refractivity contribution in [3.8, 4) is 0 Å². The molecule has 1 heterocycles. The van der Waals surface area contributed by atoms with E-state index in [9.17, 15) is 9.59 Å². The largest absolute Gasteiger partial charge is 0.339 e. The van der Waals surface area contributed by atoms with Crippen LogP contribution in [0.4, 0.5) is 0 Å². The van der Waals surface area contributed by atoms with Crippen molar-refractivity contribution in [3.05, 3.63) is 48.0 Å². The van der Waals surface area contributed by atoms with Gasteiger partial charge in [-0.15, -0.1) is 0 Å². The van der Waals surface area contributed by atoms with Crippen LogP contribution in [0.5, 0.6) is 0 Å². The number of carbonyl (C=O) groups excluding carboxylic acids is 2. The highest BCUT2D eigenvalue weighted by Crippen LogP contribution is 2.22. The topological polar surface area (TPSA) is 40.6 Å². The Hall–Kier alpha value is -2.36. The molecule has 0 aliphatic carbocycles. The number of rotatable bonds is 1. The first kappa shape index (κ1) is 16.5. The molecule has 0 bridgehead atoms. The first-order chi connectivity index (χ1) is 11.4. The zero-order chi connectivity index (χ0) is 17.3. The van der Waals surface area contributed by atoms with Crippen molar-refractivity contribution in [1.82, 2.24) is 9.80 Å². The minimum absolute atomic E-state index is 0.0506. The molecule has 0 radical (unpaired) electrons. The van der Waals surface area contributed by atoms with Gasteiger partial charge < -0.3 is 9.80 Å². The van der Waals surface area contributed by atoms with Crippen molar-refractivity contribution in [2.24, 2.45) is 5.41 Å². The summed E-state index contributed by atoms with van der Waals surface area (Å²) >= 11 is 0. The van der Waals surface area contributed by atoms with Crippen LogP contribution in [0.15, 0.2) is 42.5 Å². The lowest BCUT2D eigenvalue weighted by Crippen LogP contribution is -2.53. The zero-order valence-corrected chi connectivity index (χ0v) is 14.6. The van der Waals surface area contributed by atoms with E-state index >= 15 is 0 Å². The van der Waals surface area contributed by atoms with Gasteiger partial charge in [-0.1, -0.05) is 57.2 Å². The molecule has 0 aromatic heterocycles. The Bertz CT molecular complexity index is 763. The minimum Gasteiger partial charge on any atom is -0.339 e. The number of hydrogen-bond acceptors (Lipinski definition) is 2. The zero-order valence-electron chi connectivity index (χ0n) is 14.6. The summed E-state index contributed by atoms with van der Waals surface area (Å²) in [7, 11) is 0. The van der Waals surface area contributed by atoms with Crippen LogP contribution in [-0.2, 0) is 4.79 Å². The van der Waals surface area contributed by atoms with Crippen molar-refractivity contribution in [2.45, 2.75) is 20.8 Å². The molecule has 0 atom stereocenters. The van der Waals surface area contributed by atoms with Gasteiger partial charge in [-0.3, -0.25) is 9.59 Å². The molecule has 1 aliphatic heterocycles. The second-order valence-electron chi connectivity index (χ2n) is 7.36. The van der Waals surface area contributed by atoms with Crippen molar-refractivity contribution in [2.75, 3.05) is 26.2 Å². The molecule has 1 fully saturated rings. The van der Waals surface area contributed by atoms with Crippen LogP contribution >= 0.6 is 0 Å².